The van der Waals surface area contributed by atoms with Gasteiger partial charge in [-0.25, -0.2) is 9.78 Å². The molecule has 0 fully saturated rings. The number of halogens is 3. The van der Waals surface area contributed by atoms with Gasteiger partial charge in [-0.05, 0) is 42.3 Å². The Bertz CT molecular complexity index is 1140. The fourth-order valence-electron chi connectivity index (χ4n) is 3.37. The summed E-state index contributed by atoms with van der Waals surface area (Å²) in [4.78, 5) is 22.3. The number of carbonyl (C=O) groups excluding carboxylic acids is 1. The molecule has 1 atom stereocenters. The zero-order valence-electron chi connectivity index (χ0n) is 17.2. The van der Waals surface area contributed by atoms with Crippen LogP contribution in [0.4, 0.5) is 29.3 Å². The van der Waals surface area contributed by atoms with E-state index < -0.39 is 24.0 Å². The molecule has 4 rings (SSSR count). The summed E-state index contributed by atoms with van der Waals surface area (Å²) < 4.78 is 50.5. The van der Waals surface area contributed by atoms with Gasteiger partial charge in [-0.1, -0.05) is 6.07 Å². The lowest BCUT2D eigenvalue weighted by Crippen LogP contribution is -2.41. The van der Waals surface area contributed by atoms with Crippen LogP contribution in [0.3, 0.4) is 0 Å². The highest BCUT2D eigenvalue weighted by Crippen LogP contribution is 2.38. The van der Waals surface area contributed by atoms with Gasteiger partial charge in [-0.15, -0.1) is 0 Å². The maximum absolute atomic E-state index is 13.2. The van der Waals surface area contributed by atoms with Crippen molar-refractivity contribution in [1.29, 1.82) is 0 Å². The van der Waals surface area contributed by atoms with Crippen LogP contribution in [-0.4, -0.2) is 29.3 Å². The molecular formula is C22H19F3N4O3. The van der Waals surface area contributed by atoms with Crippen molar-refractivity contribution in [2.75, 3.05) is 17.3 Å². The zero-order chi connectivity index (χ0) is 22.9. The van der Waals surface area contributed by atoms with E-state index in [4.69, 9.17) is 9.47 Å². The van der Waals surface area contributed by atoms with E-state index in [-0.39, 0.29) is 12.1 Å². The third-order valence-corrected chi connectivity index (χ3v) is 5.04. The number of amides is 2. The van der Waals surface area contributed by atoms with Gasteiger partial charge < -0.3 is 14.8 Å². The Hall–Kier alpha value is -3.66. The van der Waals surface area contributed by atoms with Gasteiger partial charge >= 0.3 is 12.2 Å². The summed E-state index contributed by atoms with van der Waals surface area (Å²) in [6, 6.07) is 7.64. The molecule has 0 radical (unpaired) electrons. The van der Waals surface area contributed by atoms with Crippen molar-refractivity contribution in [3.8, 4) is 11.6 Å². The van der Waals surface area contributed by atoms with E-state index in [0.717, 1.165) is 17.7 Å². The molecular weight excluding hydrogens is 425 g/mol. The SMILES string of the molecule is COC1Cc2ccc(C(F)(F)F)cc2N1C(=O)Nc1ccc(Oc2cnccc2C)nc1. The Morgan fingerprint density at radius 1 is 1.19 bits per heavy atom. The topological polar surface area (TPSA) is 76.6 Å². The van der Waals surface area contributed by atoms with Gasteiger partial charge in [0.2, 0.25) is 5.88 Å². The molecule has 1 aliphatic rings. The molecule has 0 spiro atoms. The van der Waals surface area contributed by atoms with Crippen molar-refractivity contribution in [1.82, 2.24) is 9.97 Å². The van der Waals surface area contributed by atoms with E-state index in [1.165, 1.54) is 24.3 Å². The molecule has 166 valence electrons. The minimum atomic E-state index is -4.52. The van der Waals surface area contributed by atoms with Crippen LogP contribution < -0.4 is 15.0 Å². The number of urea groups is 1. The zero-order valence-corrected chi connectivity index (χ0v) is 17.2. The Morgan fingerprint density at radius 3 is 2.66 bits per heavy atom. The fraction of sp³-hybridized carbons (Fsp3) is 0.227. The largest absolute Gasteiger partial charge is 0.437 e. The third-order valence-electron chi connectivity index (χ3n) is 5.04. The molecule has 3 heterocycles. The van der Waals surface area contributed by atoms with E-state index in [0.29, 0.717) is 22.9 Å². The van der Waals surface area contributed by atoms with Crippen LogP contribution in [0.2, 0.25) is 0 Å². The van der Waals surface area contributed by atoms with Crippen molar-refractivity contribution >= 4 is 17.4 Å². The number of hydrogen-bond acceptors (Lipinski definition) is 5. The number of benzene rings is 1. The summed E-state index contributed by atoms with van der Waals surface area (Å²) in [6.45, 7) is 1.87. The molecule has 0 saturated heterocycles. The van der Waals surface area contributed by atoms with E-state index in [1.54, 1.807) is 30.6 Å². The van der Waals surface area contributed by atoms with E-state index >= 15 is 0 Å². The maximum atomic E-state index is 13.2. The number of carbonyl (C=O) groups is 1. The van der Waals surface area contributed by atoms with Crippen LogP contribution in [0.1, 0.15) is 16.7 Å². The van der Waals surface area contributed by atoms with E-state index in [9.17, 15) is 18.0 Å². The average molecular weight is 444 g/mol. The summed E-state index contributed by atoms with van der Waals surface area (Å²) in [5.41, 5.74) is 1.15. The van der Waals surface area contributed by atoms with Crippen molar-refractivity contribution in [2.24, 2.45) is 0 Å². The van der Waals surface area contributed by atoms with Crippen LogP contribution in [-0.2, 0) is 17.3 Å². The lowest BCUT2D eigenvalue weighted by molar-refractivity contribution is -0.137. The first kappa shape index (κ1) is 21.6. The highest BCUT2D eigenvalue weighted by atomic mass is 19.4. The smallest absolute Gasteiger partial charge is 0.416 e. The Kier molecular flexibility index (Phi) is 5.70. The summed E-state index contributed by atoms with van der Waals surface area (Å²) in [5.74, 6) is 0.851. The Labute approximate surface area is 181 Å². The monoisotopic (exact) mass is 444 g/mol. The first-order valence-electron chi connectivity index (χ1n) is 9.64. The van der Waals surface area contributed by atoms with Crippen molar-refractivity contribution < 1.29 is 27.4 Å². The van der Waals surface area contributed by atoms with Gasteiger partial charge in [0.25, 0.3) is 0 Å². The Morgan fingerprint density at radius 2 is 2.00 bits per heavy atom. The lowest BCUT2D eigenvalue weighted by atomic mass is 10.1. The molecule has 1 unspecified atom stereocenters. The summed E-state index contributed by atoms with van der Waals surface area (Å²) in [7, 11) is 1.40. The number of aromatic nitrogens is 2. The number of hydrogen-bond donors (Lipinski definition) is 1. The molecule has 1 aliphatic heterocycles. The summed E-state index contributed by atoms with van der Waals surface area (Å²) in [6.07, 6.45) is -0.351. The van der Waals surface area contributed by atoms with Gasteiger partial charge in [0.15, 0.2) is 5.75 Å². The van der Waals surface area contributed by atoms with Gasteiger partial charge in [0.05, 0.1) is 29.3 Å². The third kappa shape index (κ3) is 4.35. The van der Waals surface area contributed by atoms with Crippen LogP contribution >= 0.6 is 0 Å². The number of alkyl halides is 3. The van der Waals surface area contributed by atoms with Crippen molar-refractivity contribution in [3.63, 3.8) is 0 Å². The molecule has 0 saturated carbocycles. The normalized spacial score (nSPS) is 15.4. The first-order chi connectivity index (χ1) is 15.3. The van der Waals surface area contributed by atoms with E-state index in [1.807, 2.05) is 6.92 Å². The summed E-state index contributed by atoms with van der Waals surface area (Å²) >= 11 is 0. The summed E-state index contributed by atoms with van der Waals surface area (Å²) in [5, 5.41) is 2.65. The quantitative estimate of drug-likeness (QED) is 0.601. The number of methoxy groups -OCH3 is 1. The molecule has 10 heteroatoms. The minimum absolute atomic E-state index is 0.157. The Balaban J connectivity index is 1.52. The van der Waals surface area contributed by atoms with Crippen LogP contribution in [0.25, 0.3) is 0 Å². The minimum Gasteiger partial charge on any atom is -0.437 e. The highest BCUT2D eigenvalue weighted by Gasteiger charge is 2.38. The molecule has 32 heavy (non-hydrogen) atoms. The fourth-order valence-corrected chi connectivity index (χ4v) is 3.37. The molecule has 2 aromatic heterocycles. The van der Waals surface area contributed by atoms with Crippen LogP contribution in [0.5, 0.6) is 11.6 Å². The number of rotatable bonds is 4. The predicted molar refractivity (Wildman–Crippen MR) is 111 cm³/mol. The number of ether oxygens (including phenoxy) is 2. The second kappa shape index (κ2) is 8.46. The lowest BCUT2D eigenvalue weighted by Gasteiger charge is -2.25. The van der Waals surface area contributed by atoms with Gasteiger partial charge in [0, 0.05) is 25.8 Å². The van der Waals surface area contributed by atoms with Crippen LogP contribution in [0.15, 0.2) is 55.0 Å². The van der Waals surface area contributed by atoms with Crippen molar-refractivity contribution in [2.45, 2.75) is 25.7 Å². The number of aryl methyl sites for hydroxylation is 1. The number of anilines is 2. The number of nitrogens with zero attached hydrogens (tertiary/aromatic N) is 3. The maximum Gasteiger partial charge on any atom is 0.416 e. The molecule has 7 nitrogen and oxygen atoms in total. The molecule has 0 aliphatic carbocycles. The van der Waals surface area contributed by atoms with Gasteiger partial charge in [-0.2, -0.15) is 13.2 Å². The second-order valence-corrected chi connectivity index (χ2v) is 7.16. The molecule has 0 bridgehead atoms. The number of nitrogens with one attached hydrogen (secondary N) is 1. The standard InChI is InChI=1S/C22H19F3N4O3/c1-13-7-8-26-12-18(13)32-19-6-5-16(11-27-19)28-21(30)29-17-10-15(22(23,24)25)4-3-14(17)9-20(29)31-2/h3-8,10-12,20H,9H2,1-2H3,(H,28,30). The van der Waals surface area contributed by atoms with Gasteiger partial charge in [-0.3, -0.25) is 9.88 Å². The average Bonchev–Trinajstić information content (AvgIpc) is 3.14. The molecule has 3 aromatic rings. The molecule has 2 amide bonds. The van der Waals surface area contributed by atoms with E-state index in [2.05, 4.69) is 15.3 Å². The molecule has 1 aromatic carbocycles. The first-order valence-corrected chi connectivity index (χ1v) is 9.64. The van der Waals surface area contributed by atoms with Gasteiger partial charge in [0.1, 0.15) is 6.23 Å². The van der Waals surface area contributed by atoms with Crippen LogP contribution in [0, 0.1) is 6.92 Å². The second-order valence-electron chi connectivity index (χ2n) is 7.16. The van der Waals surface area contributed by atoms with Crippen molar-refractivity contribution in [3.05, 3.63) is 71.7 Å². The predicted octanol–water partition coefficient (Wildman–Crippen LogP) is 5.16. The number of pyridine rings is 2. The molecule has 1 N–H and O–H groups in total. The highest BCUT2D eigenvalue weighted by molar-refractivity contribution is 6.03. The number of fused-ring (bicyclic) bond motifs is 1.